The van der Waals surface area contributed by atoms with Crippen molar-refractivity contribution >= 4 is 57.8 Å². The number of rotatable bonds is 10. The molecule has 3 aromatic carbocycles. The lowest BCUT2D eigenvalue weighted by Crippen LogP contribution is -2.23. The first-order valence-electron chi connectivity index (χ1n) is 11.0. The molecule has 9 heteroatoms. The molecular weight excluding hydrogens is 593 g/mol. The number of hydrogen-bond donors (Lipinski definition) is 2. The van der Waals surface area contributed by atoms with Crippen LogP contribution in [0.15, 0.2) is 72.3 Å². The van der Waals surface area contributed by atoms with Crippen LogP contribution in [0, 0.1) is 14.9 Å². The molecule has 0 heterocycles. The van der Waals surface area contributed by atoms with Gasteiger partial charge in [-0.05, 0) is 71.0 Å². The SMILES string of the molecule is CCOc1cc(/C=C(\C#N)C(=O)NCc2ccccc2)cc(I)c1OCC(=O)Nc1ccccc1Cl. The van der Waals surface area contributed by atoms with Crippen LogP contribution in [0.3, 0.4) is 0 Å². The molecule has 0 atom stereocenters. The number of nitriles is 1. The van der Waals surface area contributed by atoms with Crippen LogP contribution >= 0.6 is 34.2 Å². The molecule has 0 unspecified atom stereocenters. The number of benzene rings is 3. The Morgan fingerprint density at radius 3 is 2.50 bits per heavy atom. The maximum atomic E-state index is 12.6. The van der Waals surface area contributed by atoms with E-state index in [1.165, 1.54) is 6.08 Å². The maximum absolute atomic E-state index is 12.6. The molecule has 7 nitrogen and oxygen atoms in total. The number of ether oxygens (including phenoxy) is 2. The zero-order valence-electron chi connectivity index (χ0n) is 19.4. The highest BCUT2D eigenvalue weighted by molar-refractivity contribution is 14.1. The molecule has 0 saturated carbocycles. The highest BCUT2D eigenvalue weighted by Gasteiger charge is 2.16. The normalized spacial score (nSPS) is 10.8. The van der Waals surface area contributed by atoms with Crippen LogP contribution in [-0.4, -0.2) is 25.0 Å². The summed E-state index contributed by atoms with van der Waals surface area (Å²) in [7, 11) is 0. The van der Waals surface area contributed by atoms with Gasteiger partial charge in [0, 0.05) is 6.54 Å². The molecular formula is C27H23ClIN3O4. The van der Waals surface area contributed by atoms with Crippen molar-refractivity contribution in [3.63, 3.8) is 0 Å². The third-order valence-electron chi connectivity index (χ3n) is 4.80. The predicted molar refractivity (Wildman–Crippen MR) is 148 cm³/mol. The maximum Gasteiger partial charge on any atom is 0.262 e. The highest BCUT2D eigenvalue weighted by atomic mass is 127. The first kappa shape index (κ1) is 27.0. The molecule has 184 valence electrons. The predicted octanol–water partition coefficient (Wildman–Crippen LogP) is 5.58. The molecule has 2 N–H and O–H groups in total. The summed E-state index contributed by atoms with van der Waals surface area (Å²) in [5.74, 6) is -0.0859. The Balaban J connectivity index is 1.73. The molecule has 0 spiro atoms. The van der Waals surface area contributed by atoms with E-state index in [2.05, 4.69) is 33.2 Å². The van der Waals surface area contributed by atoms with E-state index in [-0.39, 0.29) is 18.1 Å². The molecule has 0 fully saturated rings. The molecule has 0 aliphatic carbocycles. The molecule has 0 aliphatic rings. The van der Waals surface area contributed by atoms with Crippen LogP contribution in [0.2, 0.25) is 5.02 Å². The summed E-state index contributed by atoms with van der Waals surface area (Å²) in [5, 5.41) is 15.4. The van der Waals surface area contributed by atoms with E-state index in [4.69, 9.17) is 21.1 Å². The molecule has 0 bridgehead atoms. The van der Waals surface area contributed by atoms with Crippen molar-refractivity contribution in [3.05, 3.63) is 92.0 Å². The number of hydrogen-bond acceptors (Lipinski definition) is 5. The zero-order valence-corrected chi connectivity index (χ0v) is 22.3. The molecule has 0 radical (unpaired) electrons. The van der Waals surface area contributed by atoms with E-state index in [9.17, 15) is 14.9 Å². The number of halogens is 2. The van der Waals surface area contributed by atoms with Gasteiger partial charge < -0.3 is 20.1 Å². The monoisotopic (exact) mass is 615 g/mol. The summed E-state index contributed by atoms with van der Waals surface area (Å²) in [4.78, 5) is 24.9. The zero-order chi connectivity index (χ0) is 25.9. The van der Waals surface area contributed by atoms with Gasteiger partial charge in [0.25, 0.3) is 11.8 Å². The number of nitrogens with zero attached hydrogens (tertiary/aromatic N) is 1. The fourth-order valence-corrected chi connectivity index (χ4v) is 4.11. The van der Waals surface area contributed by atoms with Gasteiger partial charge in [0.2, 0.25) is 0 Å². The topological polar surface area (TPSA) is 100 Å². The third kappa shape index (κ3) is 7.73. The van der Waals surface area contributed by atoms with Crippen molar-refractivity contribution in [1.82, 2.24) is 5.32 Å². The minimum absolute atomic E-state index is 0.0445. The molecule has 36 heavy (non-hydrogen) atoms. The molecule has 0 aromatic heterocycles. The van der Waals surface area contributed by atoms with E-state index < -0.39 is 5.91 Å². The van der Waals surface area contributed by atoms with Gasteiger partial charge in [-0.3, -0.25) is 9.59 Å². The van der Waals surface area contributed by atoms with E-state index >= 15 is 0 Å². The van der Waals surface area contributed by atoms with Crippen molar-refractivity contribution in [3.8, 4) is 17.6 Å². The average Bonchev–Trinajstić information content (AvgIpc) is 2.87. The molecule has 3 aromatic rings. The lowest BCUT2D eigenvalue weighted by molar-refractivity contribution is -0.118. The quantitative estimate of drug-likeness (QED) is 0.176. The summed E-state index contributed by atoms with van der Waals surface area (Å²) in [6, 6.07) is 21.7. The summed E-state index contributed by atoms with van der Waals surface area (Å²) < 4.78 is 12.1. The fourth-order valence-electron chi connectivity index (χ4n) is 3.15. The van der Waals surface area contributed by atoms with Crippen molar-refractivity contribution in [1.29, 1.82) is 5.26 Å². The summed E-state index contributed by atoms with van der Waals surface area (Å²) in [5.41, 5.74) is 1.96. The standard InChI is InChI=1S/C27H23ClIN3O4/c1-2-35-24-14-19(12-20(15-30)27(34)31-16-18-8-4-3-5-9-18)13-22(29)26(24)36-17-25(33)32-23-11-7-6-10-21(23)28/h3-14H,2,16-17H2,1H3,(H,31,34)(H,32,33)/b20-12+. The molecule has 0 saturated heterocycles. The number of nitrogens with one attached hydrogen (secondary N) is 2. The Morgan fingerprint density at radius 1 is 1.08 bits per heavy atom. The first-order chi connectivity index (χ1) is 17.4. The van der Waals surface area contributed by atoms with Gasteiger partial charge >= 0.3 is 0 Å². The van der Waals surface area contributed by atoms with Gasteiger partial charge in [0.05, 0.1) is 20.9 Å². The molecule has 0 aliphatic heterocycles. The van der Waals surface area contributed by atoms with E-state index in [0.717, 1.165) is 5.56 Å². The largest absolute Gasteiger partial charge is 0.490 e. The Kier molecular flexibility index (Phi) is 10.2. The Hall–Kier alpha value is -3.55. The van der Waals surface area contributed by atoms with E-state index in [1.54, 1.807) is 36.4 Å². The summed E-state index contributed by atoms with van der Waals surface area (Å²) >= 11 is 8.14. The van der Waals surface area contributed by atoms with Crippen LogP contribution in [0.1, 0.15) is 18.1 Å². The minimum Gasteiger partial charge on any atom is -0.490 e. The Morgan fingerprint density at radius 2 is 1.81 bits per heavy atom. The summed E-state index contributed by atoms with van der Waals surface area (Å²) in [6.07, 6.45) is 1.49. The van der Waals surface area contributed by atoms with Crippen LogP contribution in [0.4, 0.5) is 5.69 Å². The second kappa shape index (κ2) is 13.5. The number of anilines is 1. The lowest BCUT2D eigenvalue weighted by Gasteiger charge is -2.15. The van der Waals surface area contributed by atoms with Crippen LogP contribution < -0.4 is 20.1 Å². The van der Waals surface area contributed by atoms with Gasteiger partial charge in [-0.15, -0.1) is 0 Å². The number of carbonyl (C=O) groups excluding carboxylic acids is 2. The van der Waals surface area contributed by atoms with Crippen LogP contribution in [0.5, 0.6) is 11.5 Å². The number of amides is 2. The highest BCUT2D eigenvalue weighted by Crippen LogP contribution is 2.35. The van der Waals surface area contributed by atoms with E-state index in [0.29, 0.717) is 44.5 Å². The average molecular weight is 616 g/mol. The minimum atomic E-state index is -0.481. The van der Waals surface area contributed by atoms with Gasteiger partial charge in [-0.1, -0.05) is 54.1 Å². The van der Waals surface area contributed by atoms with Crippen molar-refractivity contribution in [2.24, 2.45) is 0 Å². The van der Waals surface area contributed by atoms with Crippen molar-refractivity contribution < 1.29 is 19.1 Å². The third-order valence-corrected chi connectivity index (χ3v) is 5.93. The second-order valence-corrected chi connectivity index (χ2v) is 8.99. The van der Waals surface area contributed by atoms with Gasteiger partial charge in [0.1, 0.15) is 11.6 Å². The number of carbonyl (C=O) groups is 2. The Bertz CT molecular complexity index is 1310. The van der Waals surface area contributed by atoms with Crippen LogP contribution in [-0.2, 0) is 16.1 Å². The van der Waals surface area contributed by atoms with Crippen LogP contribution in [0.25, 0.3) is 6.08 Å². The van der Waals surface area contributed by atoms with Crippen molar-refractivity contribution in [2.45, 2.75) is 13.5 Å². The molecule has 2 amide bonds. The first-order valence-corrected chi connectivity index (χ1v) is 12.4. The summed E-state index contributed by atoms with van der Waals surface area (Å²) in [6.45, 7) is 2.22. The smallest absolute Gasteiger partial charge is 0.262 e. The second-order valence-electron chi connectivity index (χ2n) is 7.42. The number of para-hydroxylation sites is 1. The van der Waals surface area contributed by atoms with Gasteiger partial charge in [0.15, 0.2) is 18.1 Å². The van der Waals surface area contributed by atoms with Crippen molar-refractivity contribution in [2.75, 3.05) is 18.5 Å². The lowest BCUT2D eigenvalue weighted by atomic mass is 10.1. The molecule has 3 rings (SSSR count). The fraction of sp³-hybridized carbons (Fsp3) is 0.148. The Labute approximate surface area is 228 Å². The van der Waals surface area contributed by atoms with Gasteiger partial charge in [-0.25, -0.2) is 0 Å². The van der Waals surface area contributed by atoms with Gasteiger partial charge in [-0.2, -0.15) is 5.26 Å². The van der Waals surface area contributed by atoms with E-state index in [1.807, 2.05) is 43.3 Å².